The fraction of sp³-hybridized carbons (Fsp3) is 0.500. The topological polar surface area (TPSA) is 105 Å². The van der Waals surface area contributed by atoms with Crippen molar-refractivity contribution in [3.05, 3.63) is 46.7 Å². The highest BCUT2D eigenvalue weighted by molar-refractivity contribution is 6.31. The number of nitrogens with zero attached hydrogens (tertiary/aromatic N) is 2. The fourth-order valence-corrected chi connectivity index (χ4v) is 3.56. The van der Waals surface area contributed by atoms with Gasteiger partial charge >= 0.3 is 0 Å². The number of hydrogen-bond acceptors (Lipinski definition) is 5. The van der Waals surface area contributed by atoms with Gasteiger partial charge in [0.2, 0.25) is 17.7 Å². The number of aryl methyl sites for hydroxylation is 1. The lowest BCUT2D eigenvalue weighted by molar-refractivity contribution is -0.142. The van der Waals surface area contributed by atoms with Gasteiger partial charge in [0, 0.05) is 41.6 Å². The number of rotatable bonds is 9. The summed E-state index contributed by atoms with van der Waals surface area (Å²) in [6.45, 7) is 11.6. The maximum absolute atomic E-state index is 13.4. The number of nitrogens with one attached hydrogen (secondary N) is 2. The second-order valence-electron chi connectivity index (χ2n) is 9.47. The molecule has 0 radical (unpaired) electrons. The lowest BCUT2D eigenvalue weighted by Crippen LogP contribution is -2.50. The first-order valence-corrected chi connectivity index (χ1v) is 11.3. The van der Waals surface area contributed by atoms with Gasteiger partial charge in [-0.25, -0.2) is 0 Å². The van der Waals surface area contributed by atoms with Crippen LogP contribution in [0.15, 0.2) is 34.9 Å². The maximum atomic E-state index is 13.4. The lowest BCUT2D eigenvalue weighted by Gasteiger charge is -2.35. The molecule has 33 heavy (non-hydrogen) atoms. The largest absolute Gasteiger partial charge is 0.360 e. The minimum atomic E-state index is -0.922. The summed E-state index contributed by atoms with van der Waals surface area (Å²) in [7, 11) is 0. The number of benzene rings is 1. The summed E-state index contributed by atoms with van der Waals surface area (Å²) in [5.41, 5.74) is 0.0381. The lowest BCUT2D eigenvalue weighted by atomic mass is 9.99. The van der Waals surface area contributed by atoms with Crippen molar-refractivity contribution < 1.29 is 18.9 Å². The van der Waals surface area contributed by atoms with Gasteiger partial charge in [0.05, 0.1) is 0 Å². The molecule has 8 nitrogen and oxygen atoms in total. The van der Waals surface area contributed by atoms with Crippen LogP contribution in [0.5, 0.6) is 0 Å². The standard InChI is InChI=1S/C24H33ClN4O4/c1-15(2)14-29(21(31)12-11-20(30)26-19-13-16(3)33-28-19)22(23(32)27-24(4,5)6)17-9-7-8-10-18(17)25/h7-10,13,15,22H,11-12,14H2,1-6H3,(H,27,32)(H,26,28,30). The number of anilines is 1. The molecule has 0 aliphatic heterocycles. The van der Waals surface area contributed by atoms with Crippen LogP contribution in [-0.2, 0) is 14.4 Å². The Morgan fingerprint density at radius 3 is 2.36 bits per heavy atom. The number of carbonyl (C=O) groups is 3. The number of amides is 3. The van der Waals surface area contributed by atoms with Gasteiger partial charge in [-0.1, -0.05) is 48.8 Å². The summed E-state index contributed by atoms with van der Waals surface area (Å²) >= 11 is 6.44. The van der Waals surface area contributed by atoms with E-state index in [-0.39, 0.29) is 36.5 Å². The minimum absolute atomic E-state index is 0.0601. The highest BCUT2D eigenvalue weighted by Gasteiger charge is 2.34. The molecule has 1 heterocycles. The molecule has 3 amide bonds. The van der Waals surface area contributed by atoms with Gasteiger partial charge in [-0.05, 0) is 39.7 Å². The summed E-state index contributed by atoms with van der Waals surface area (Å²) in [5, 5.41) is 9.69. The number of halogens is 1. The summed E-state index contributed by atoms with van der Waals surface area (Å²) in [6, 6.07) is 7.66. The van der Waals surface area contributed by atoms with Gasteiger partial charge in [-0.3, -0.25) is 14.4 Å². The molecule has 2 rings (SSSR count). The van der Waals surface area contributed by atoms with Crippen LogP contribution >= 0.6 is 11.6 Å². The molecule has 180 valence electrons. The van der Waals surface area contributed by atoms with Crippen molar-refractivity contribution in [3.63, 3.8) is 0 Å². The second kappa shape index (κ2) is 11.3. The first-order valence-electron chi connectivity index (χ1n) is 11.0. The van der Waals surface area contributed by atoms with Gasteiger partial charge in [0.15, 0.2) is 5.82 Å². The zero-order valence-corrected chi connectivity index (χ0v) is 20.8. The molecule has 0 saturated carbocycles. The zero-order valence-electron chi connectivity index (χ0n) is 20.1. The molecule has 1 aromatic heterocycles. The molecule has 0 spiro atoms. The van der Waals surface area contributed by atoms with E-state index in [1.54, 1.807) is 37.3 Å². The third-order valence-corrected chi connectivity index (χ3v) is 4.95. The molecular weight excluding hydrogens is 444 g/mol. The van der Waals surface area contributed by atoms with Crippen LogP contribution < -0.4 is 10.6 Å². The van der Waals surface area contributed by atoms with Crippen molar-refractivity contribution in [1.29, 1.82) is 0 Å². The molecule has 1 unspecified atom stereocenters. The third-order valence-electron chi connectivity index (χ3n) is 4.60. The van der Waals surface area contributed by atoms with Gasteiger partial charge in [0.25, 0.3) is 0 Å². The fourth-order valence-electron chi connectivity index (χ4n) is 3.32. The van der Waals surface area contributed by atoms with E-state index < -0.39 is 11.6 Å². The highest BCUT2D eigenvalue weighted by atomic mass is 35.5. The molecule has 2 N–H and O–H groups in total. The molecule has 0 bridgehead atoms. The molecule has 0 aliphatic carbocycles. The Labute approximate surface area is 200 Å². The minimum Gasteiger partial charge on any atom is -0.360 e. The van der Waals surface area contributed by atoms with Crippen LogP contribution in [0.3, 0.4) is 0 Å². The molecule has 2 aromatic rings. The Bertz CT molecular complexity index is 981. The Hall–Kier alpha value is -2.87. The maximum Gasteiger partial charge on any atom is 0.247 e. The van der Waals surface area contributed by atoms with Crippen molar-refractivity contribution in [2.75, 3.05) is 11.9 Å². The van der Waals surface area contributed by atoms with E-state index in [4.69, 9.17) is 16.1 Å². The van der Waals surface area contributed by atoms with Crippen LogP contribution in [0, 0.1) is 12.8 Å². The average molecular weight is 477 g/mol. The van der Waals surface area contributed by atoms with Crippen molar-refractivity contribution in [3.8, 4) is 0 Å². The smallest absolute Gasteiger partial charge is 0.247 e. The molecule has 0 fully saturated rings. The SMILES string of the molecule is Cc1cc(NC(=O)CCC(=O)N(CC(C)C)C(C(=O)NC(C)(C)C)c2ccccc2Cl)no1. The Kier molecular flexibility index (Phi) is 9.05. The summed E-state index contributed by atoms with van der Waals surface area (Å²) in [6.07, 6.45) is -0.130. The van der Waals surface area contributed by atoms with Gasteiger partial charge in [0.1, 0.15) is 11.8 Å². The molecule has 1 aromatic carbocycles. The molecule has 1 atom stereocenters. The van der Waals surface area contributed by atoms with E-state index in [2.05, 4.69) is 15.8 Å². The van der Waals surface area contributed by atoms with E-state index >= 15 is 0 Å². The monoisotopic (exact) mass is 476 g/mol. The van der Waals surface area contributed by atoms with E-state index in [9.17, 15) is 14.4 Å². The predicted molar refractivity (Wildman–Crippen MR) is 128 cm³/mol. The van der Waals surface area contributed by atoms with E-state index in [0.29, 0.717) is 28.7 Å². The van der Waals surface area contributed by atoms with Crippen molar-refractivity contribution in [2.45, 2.75) is 66.0 Å². The van der Waals surface area contributed by atoms with Gasteiger partial charge in [-0.2, -0.15) is 0 Å². The number of carbonyl (C=O) groups excluding carboxylic acids is 3. The Balaban J connectivity index is 2.27. The second-order valence-corrected chi connectivity index (χ2v) is 9.88. The van der Waals surface area contributed by atoms with Crippen LogP contribution in [0.4, 0.5) is 5.82 Å². The summed E-state index contributed by atoms with van der Waals surface area (Å²) < 4.78 is 4.93. The zero-order chi connectivity index (χ0) is 24.8. The average Bonchev–Trinajstić information content (AvgIpc) is 3.09. The van der Waals surface area contributed by atoms with Crippen LogP contribution in [0.1, 0.15) is 64.8 Å². The van der Waals surface area contributed by atoms with Crippen LogP contribution in [-0.4, -0.2) is 39.9 Å². The van der Waals surface area contributed by atoms with E-state index in [1.807, 2.05) is 34.6 Å². The Morgan fingerprint density at radius 1 is 1.15 bits per heavy atom. The number of hydrogen-bond donors (Lipinski definition) is 2. The molecule has 0 aliphatic rings. The number of aromatic nitrogens is 1. The summed E-state index contributed by atoms with van der Waals surface area (Å²) in [5.74, 6) is -0.0569. The van der Waals surface area contributed by atoms with Crippen LogP contribution in [0.25, 0.3) is 0 Å². The van der Waals surface area contributed by atoms with Gasteiger partial charge < -0.3 is 20.1 Å². The molecular formula is C24H33ClN4O4. The summed E-state index contributed by atoms with van der Waals surface area (Å²) in [4.78, 5) is 40.5. The van der Waals surface area contributed by atoms with Gasteiger partial charge in [-0.15, -0.1) is 0 Å². The van der Waals surface area contributed by atoms with Crippen molar-refractivity contribution in [2.24, 2.45) is 5.92 Å². The van der Waals surface area contributed by atoms with Crippen molar-refractivity contribution >= 4 is 35.1 Å². The van der Waals surface area contributed by atoms with E-state index in [0.717, 1.165) is 0 Å². The van der Waals surface area contributed by atoms with Crippen LogP contribution in [0.2, 0.25) is 5.02 Å². The highest BCUT2D eigenvalue weighted by Crippen LogP contribution is 2.30. The first kappa shape index (κ1) is 26.4. The molecule has 9 heteroatoms. The third kappa shape index (κ3) is 8.20. The Morgan fingerprint density at radius 2 is 1.82 bits per heavy atom. The van der Waals surface area contributed by atoms with E-state index in [1.165, 1.54) is 4.90 Å². The molecule has 0 saturated heterocycles. The quantitative estimate of drug-likeness (QED) is 0.554. The normalized spacial score (nSPS) is 12.4. The van der Waals surface area contributed by atoms with Crippen molar-refractivity contribution in [1.82, 2.24) is 15.4 Å². The predicted octanol–water partition coefficient (Wildman–Crippen LogP) is 4.50. The first-order chi connectivity index (χ1) is 15.4.